The Kier molecular flexibility index (Phi) is 6.17. The number of nitrogens with one attached hydrogen (secondary N) is 1. The Morgan fingerprint density at radius 2 is 1.91 bits per heavy atom. The van der Waals surface area contributed by atoms with Gasteiger partial charge in [0, 0.05) is 36.8 Å². The smallest absolute Gasteiger partial charge is 0.251 e. The number of anilines is 1. The standard InChI is InChI=1S/C26H29N5O3/c1-17-5-6-20(26(33)29-21-7-8-21)14-23(17)31-25(27)22(15-28-31)24(32)19-4-2-3-18(13-19)16-30-9-11-34-12-10-30/h2-6,13-15,21H,7-12,16,27H2,1H3,(H,29,33). The number of hydrogen-bond acceptors (Lipinski definition) is 6. The molecule has 2 aliphatic rings. The first-order chi connectivity index (χ1) is 16.5. The van der Waals surface area contributed by atoms with Crippen molar-refractivity contribution in [2.45, 2.75) is 32.4 Å². The number of rotatable bonds is 7. The molecule has 2 heterocycles. The highest BCUT2D eigenvalue weighted by atomic mass is 16.5. The van der Waals surface area contributed by atoms with E-state index in [9.17, 15) is 9.59 Å². The molecule has 0 atom stereocenters. The Morgan fingerprint density at radius 1 is 1.12 bits per heavy atom. The van der Waals surface area contributed by atoms with Gasteiger partial charge < -0.3 is 15.8 Å². The molecule has 5 rings (SSSR count). The molecule has 2 fully saturated rings. The van der Waals surface area contributed by atoms with Gasteiger partial charge in [-0.2, -0.15) is 5.10 Å². The van der Waals surface area contributed by atoms with E-state index in [4.69, 9.17) is 10.5 Å². The molecule has 0 bridgehead atoms. The zero-order valence-corrected chi connectivity index (χ0v) is 19.3. The van der Waals surface area contributed by atoms with Gasteiger partial charge in [-0.1, -0.05) is 24.3 Å². The van der Waals surface area contributed by atoms with E-state index < -0.39 is 0 Å². The summed E-state index contributed by atoms with van der Waals surface area (Å²) >= 11 is 0. The van der Waals surface area contributed by atoms with Gasteiger partial charge in [-0.05, 0) is 49.1 Å². The monoisotopic (exact) mass is 459 g/mol. The quantitative estimate of drug-likeness (QED) is 0.527. The number of carbonyl (C=O) groups is 2. The Morgan fingerprint density at radius 3 is 2.68 bits per heavy atom. The molecule has 1 aliphatic heterocycles. The lowest BCUT2D eigenvalue weighted by molar-refractivity contribution is 0.0342. The number of carbonyl (C=O) groups excluding carboxylic acids is 2. The number of aromatic nitrogens is 2. The van der Waals surface area contributed by atoms with Crippen LogP contribution in [-0.4, -0.2) is 58.7 Å². The van der Waals surface area contributed by atoms with Crippen molar-refractivity contribution in [2.24, 2.45) is 0 Å². The highest BCUT2D eigenvalue weighted by Crippen LogP contribution is 2.25. The van der Waals surface area contributed by atoms with E-state index in [0.29, 0.717) is 22.4 Å². The molecule has 1 amide bonds. The average Bonchev–Trinajstić information content (AvgIpc) is 3.59. The van der Waals surface area contributed by atoms with Crippen LogP contribution >= 0.6 is 0 Å². The van der Waals surface area contributed by atoms with Crippen molar-refractivity contribution in [1.82, 2.24) is 20.0 Å². The maximum absolute atomic E-state index is 13.3. The van der Waals surface area contributed by atoms with Crippen LogP contribution in [0, 0.1) is 6.92 Å². The first-order valence-electron chi connectivity index (χ1n) is 11.7. The number of amides is 1. The molecular weight excluding hydrogens is 430 g/mol. The first-order valence-corrected chi connectivity index (χ1v) is 11.7. The predicted molar refractivity (Wildman–Crippen MR) is 129 cm³/mol. The molecule has 176 valence electrons. The summed E-state index contributed by atoms with van der Waals surface area (Å²) in [4.78, 5) is 28.1. The number of ketones is 1. The lowest BCUT2D eigenvalue weighted by atomic mass is 10.0. The van der Waals surface area contributed by atoms with E-state index in [1.165, 1.54) is 10.9 Å². The van der Waals surface area contributed by atoms with Crippen LogP contribution in [0.5, 0.6) is 0 Å². The maximum Gasteiger partial charge on any atom is 0.251 e. The number of ether oxygens (including phenoxy) is 1. The molecule has 8 nitrogen and oxygen atoms in total. The van der Waals surface area contributed by atoms with Gasteiger partial charge in [-0.15, -0.1) is 0 Å². The second-order valence-electron chi connectivity index (χ2n) is 9.02. The van der Waals surface area contributed by atoms with Crippen LogP contribution in [0.4, 0.5) is 5.82 Å². The lowest BCUT2D eigenvalue weighted by Crippen LogP contribution is -2.35. The molecule has 8 heteroatoms. The summed E-state index contributed by atoms with van der Waals surface area (Å²) in [7, 11) is 0. The summed E-state index contributed by atoms with van der Waals surface area (Å²) in [6.07, 6.45) is 3.55. The van der Waals surface area contributed by atoms with E-state index in [1.54, 1.807) is 18.2 Å². The third kappa shape index (κ3) is 4.73. The van der Waals surface area contributed by atoms with Gasteiger partial charge in [-0.3, -0.25) is 14.5 Å². The number of nitrogens with two attached hydrogens (primary N) is 1. The normalized spacial score (nSPS) is 16.4. The number of hydrogen-bond donors (Lipinski definition) is 2. The second kappa shape index (κ2) is 9.40. The molecule has 34 heavy (non-hydrogen) atoms. The molecule has 3 aromatic rings. The third-order valence-electron chi connectivity index (χ3n) is 6.36. The molecule has 0 unspecified atom stereocenters. The van der Waals surface area contributed by atoms with Crippen LogP contribution in [-0.2, 0) is 11.3 Å². The molecule has 0 radical (unpaired) electrons. The zero-order valence-electron chi connectivity index (χ0n) is 19.3. The van der Waals surface area contributed by atoms with Crippen molar-refractivity contribution in [3.63, 3.8) is 0 Å². The largest absolute Gasteiger partial charge is 0.383 e. The van der Waals surface area contributed by atoms with E-state index in [2.05, 4.69) is 15.3 Å². The van der Waals surface area contributed by atoms with Crippen LogP contribution < -0.4 is 11.1 Å². The van der Waals surface area contributed by atoms with Crippen LogP contribution in [0.15, 0.2) is 48.7 Å². The van der Waals surface area contributed by atoms with Crippen molar-refractivity contribution >= 4 is 17.5 Å². The van der Waals surface area contributed by atoms with Gasteiger partial charge in [0.05, 0.1) is 30.7 Å². The summed E-state index contributed by atoms with van der Waals surface area (Å²) < 4.78 is 6.95. The van der Waals surface area contributed by atoms with Crippen LogP contribution in [0.1, 0.15) is 50.2 Å². The van der Waals surface area contributed by atoms with E-state index >= 15 is 0 Å². The lowest BCUT2D eigenvalue weighted by Gasteiger charge is -2.26. The summed E-state index contributed by atoms with van der Waals surface area (Å²) in [5, 5.41) is 7.40. The topological polar surface area (TPSA) is 102 Å². The maximum atomic E-state index is 13.3. The van der Waals surface area contributed by atoms with Crippen molar-refractivity contribution in [2.75, 3.05) is 32.0 Å². The minimum absolute atomic E-state index is 0.108. The Balaban J connectivity index is 1.38. The predicted octanol–water partition coefficient (Wildman–Crippen LogP) is 2.72. The summed E-state index contributed by atoms with van der Waals surface area (Å²) in [5.41, 5.74) is 10.5. The minimum Gasteiger partial charge on any atom is -0.383 e. The van der Waals surface area contributed by atoms with Gasteiger partial charge in [0.1, 0.15) is 5.82 Å². The van der Waals surface area contributed by atoms with Crippen molar-refractivity contribution in [3.05, 3.63) is 76.5 Å². The Bertz CT molecular complexity index is 1220. The Labute approximate surface area is 198 Å². The molecule has 1 aliphatic carbocycles. The summed E-state index contributed by atoms with van der Waals surface area (Å²) in [5.74, 6) is -0.0258. The SMILES string of the molecule is Cc1ccc(C(=O)NC2CC2)cc1-n1ncc(C(=O)c2cccc(CN3CCOCC3)c2)c1N. The van der Waals surface area contributed by atoms with Gasteiger partial charge in [-0.25, -0.2) is 4.68 Å². The van der Waals surface area contributed by atoms with Gasteiger partial charge >= 0.3 is 0 Å². The summed E-state index contributed by atoms with van der Waals surface area (Å²) in [6, 6.07) is 13.4. The molecule has 1 aromatic heterocycles. The molecule has 0 spiro atoms. The van der Waals surface area contributed by atoms with E-state index in [-0.39, 0.29) is 23.6 Å². The molecule has 1 saturated carbocycles. The van der Waals surface area contributed by atoms with E-state index in [1.807, 2.05) is 31.2 Å². The first kappa shape index (κ1) is 22.3. The third-order valence-corrected chi connectivity index (χ3v) is 6.36. The van der Waals surface area contributed by atoms with Crippen molar-refractivity contribution in [3.8, 4) is 5.69 Å². The molecule has 2 aromatic carbocycles. The van der Waals surface area contributed by atoms with E-state index in [0.717, 1.165) is 56.8 Å². The van der Waals surface area contributed by atoms with Crippen molar-refractivity contribution in [1.29, 1.82) is 0 Å². The average molecular weight is 460 g/mol. The highest BCUT2D eigenvalue weighted by Gasteiger charge is 2.25. The number of aryl methyl sites for hydroxylation is 1. The minimum atomic E-state index is -0.173. The Hall–Kier alpha value is -3.49. The number of benzene rings is 2. The van der Waals surface area contributed by atoms with Gasteiger partial charge in [0.2, 0.25) is 0 Å². The molecule has 3 N–H and O–H groups in total. The number of nitrogen functional groups attached to an aromatic ring is 1. The zero-order chi connectivity index (χ0) is 23.7. The van der Waals surface area contributed by atoms with Crippen LogP contribution in [0.2, 0.25) is 0 Å². The van der Waals surface area contributed by atoms with Crippen LogP contribution in [0.3, 0.4) is 0 Å². The fourth-order valence-corrected chi connectivity index (χ4v) is 4.18. The van der Waals surface area contributed by atoms with Gasteiger partial charge in [0.15, 0.2) is 5.78 Å². The van der Waals surface area contributed by atoms with Crippen LogP contribution in [0.25, 0.3) is 5.69 Å². The van der Waals surface area contributed by atoms with Gasteiger partial charge in [0.25, 0.3) is 5.91 Å². The summed E-state index contributed by atoms with van der Waals surface area (Å²) in [6.45, 7) is 5.93. The highest BCUT2D eigenvalue weighted by molar-refractivity contribution is 6.11. The fourth-order valence-electron chi connectivity index (χ4n) is 4.18. The molecular formula is C26H29N5O3. The number of nitrogens with zero attached hydrogens (tertiary/aromatic N) is 3. The second-order valence-corrected chi connectivity index (χ2v) is 9.02. The van der Waals surface area contributed by atoms with Crippen molar-refractivity contribution < 1.29 is 14.3 Å². The number of morpholine rings is 1. The molecule has 1 saturated heterocycles. The fraction of sp³-hybridized carbons (Fsp3) is 0.346.